The van der Waals surface area contributed by atoms with Gasteiger partial charge in [0, 0.05) is 6.07 Å². The molecule has 0 fully saturated rings. The van der Waals surface area contributed by atoms with Crippen LogP contribution in [0.4, 0.5) is 11.4 Å². The minimum Gasteiger partial charge on any atom is -0.393 e. The van der Waals surface area contributed by atoms with Gasteiger partial charge in [-0.05, 0) is 6.07 Å². The van der Waals surface area contributed by atoms with E-state index in [1.54, 1.807) is 0 Å². The second kappa shape index (κ2) is 3.65. The monoisotopic (exact) mass is 251 g/mol. The molecule has 82 valence electrons. The largest absolute Gasteiger partial charge is 0.393 e. The molecule has 1 aromatic rings. The molecule has 0 spiro atoms. The summed E-state index contributed by atoms with van der Waals surface area (Å²) in [7, 11) is -4.10. The van der Waals surface area contributed by atoms with Crippen molar-refractivity contribution in [2.75, 3.05) is 5.73 Å². The number of nitro benzene ring substituents is 1. The molecule has 4 N–H and O–H groups in total. The van der Waals surface area contributed by atoms with Gasteiger partial charge >= 0.3 is 0 Å². The molecule has 0 aromatic heterocycles. The Balaban J connectivity index is 3.58. The molecule has 15 heavy (non-hydrogen) atoms. The van der Waals surface area contributed by atoms with Gasteiger partial charge in [-0.2, -0.15) is 0 Å². The summed E-state index contributed by atoms with van der Waals surface area (Å²) in [5, 5.41) is 15.0. The Labute approximate surface area is 89.8 Å². The molecule has 0 aliphatic rings. The Morgan fingerprint density at radius 1 is 1.40 bits per heavy atom. The van der Waals surface area contributed by atoms with E-state index in [2.05, 4.69) is 0 Å². The van der Waals surface area contributed by atoms with Crippen LogP contribution in [0.3, 0.4) is 0 Å². The van der Waals surface area contributed by atoms with Gasteiger partial charge in [-0.15, -0.1) is 0 Å². The second-order valence-corrected chi connectivity index (χ2v) is 4.58. The van der Waals surface area contributed by atoms with Crippen LogP contribution in [0.5, 0.6) is 0 Å². The third-order valence-electron chi connectivity index (χ3n) is 1.58. The van der Waals surface area contributed by atoms with Crippen LogP contribution in [0.1, 0.15) is 0 Å². The summed E-state index contributed by atoms with van der Waals surface area (Å²) in [6.07, 6.45) is 0. The number of halogens is 1. The molecule has 1 rings (SSSR count). The first-order valence-corrected chi connectivity index (χ1v) is 5.42. The molecule has 0 radical (unpaired) electrons. The second-order valence-electron chi connectivity index (χ2n) is 2.64. The molecule has 1 aromatic carbocycles. The Bertz CT molecular complexity index is 527. The van der Waals surface area contributed by atoms with Crippen LogP contribution in [0.15, 0.2) is 17.0 Å². The predicted molar refractivity (Wildman–Crippen MR) is 53.9 cm³/mol. The smallest absolute Gasteiger partial charge is 0.293 e. The maximum absolute atomic E-state index is 11.0. The fourth-order valence-electron chi connectivity index (χ4n) is 0.934. The van der Waals surface area contributed by atoms with E-state index in [-0.39, 0.29) is 10.7 Å². The lowest BCUT2D eigenvalue weighted by atomic mass is 10.3. The van der Waals surface area contributed by atoms with E-state index in [0.29, 0.717) is 0 Å². The molecular formula is C6H6ClN3O4S. The molecule has 0 bridgehead atoms. The number of sulfonamides is 1. The number of rotatable bonds is 2. The number of nitro groups is 1. The van der Waals surface area contributed by atoms with Gasteiger partial charge in [0.1, 0.15) is 10.6 Å². The highest BCUT2D eigenvalue weighted by Gasteiger charge is 2.21. The first-order chi connectivity index (χ1) is 6.73. The molecule has 0 saturated carbocycles. The molecule has 0 aliphatic heterocycles. The fourth-order valence-corrected chi connectivity index (χ4v) is 2.04. The number of nitrogen functional groups attached to an aromatic ring is 1. The molecule has 7 nitrogen and oxygen atoms in total. The normalized spacial score (nSPS) is 11.3. The van der Waals surface area contributed by atoms with Crippen molar-refractivity contribution in [2.24, 2.45) is 5.14 Å². The standard InChI is InChI=1S/C6H6ClN3O4S/c7-3-1-4(8)5(10(11)12)2-6(3)15(9,13)14/h1-2H,8H2,(H2,9,13,14). The Hall–Kier alpha value is -1.38. The maximum atomic E-state index is 11.0. The molecule has 0 aliphatic carbocycles. The summed E-state index contributed by atoms with van der Waals surface area (Å²) in [5.74, 6) is 0. The predicted octanol–water partition coefficient (Wildman–Crippen LogP) is 0.478. The number of primary sulfonamides is 1. The zero-order valence-electron chi connectivity index (χ0n) is 7.18. The summed E-state index contributed by atoms with van der Waals surface area (Å²) < 4.78 is 21.9. The molecule has 0 amide bonds. The van der Waals surface area contributed by atoms with E-state index in [4.69, 9.17) is 22.5 Å². The van der Waals surface area contributed by atoms with Gasteiger partial charge in [0.15, 0.2) is 0 Å². The number of benzene rings is 1. The van der Waals surface area contributed by atoms with Crippen molar-refractivity contribution in [1.29, 1.82) is 0 Å². The highest BCUT2D eigenvalue weighted by molar-refractivity contribution is 7.89. The summed E-state index contributed by atoms with van der Waals surface area (Å²) in [5.41, 5.74) is 4.50. The van der Waals surface area contributed by atoms with Crippen LogP contribution in [-0.2, 0) is 10.0 Å². The fraction of sp³-hybridized carbons (Fsp3) is 0. The average Bonchev–Trinajstić information content (AvgIpc) is 2.00. The minimum atomic E-state index is -4.10. The molecular weight excluding hydrogens is 246 g/mol. The van der Waals surface area contributed by atoms with Crippen LogP contribution in [-0.4, -0.2) is 13.3 Å². The van der Waals surface area contributed by atoms with E-state index in [1.807, 2.05) is 0 Å². The van der Waals surface area contributed by atoms with Gasteiger partial charge in [0.25, 0.3) is 5.69 Å². The average molecular weight is 252 g/mol. The third kappa shape index (κ3) is 2.35. The topological polar surface area (TPSA) is 129 Å². The van der Waals surface area contributed by atoms with Gasteiger partial charge in [-0.3, -0.25) is 10.1 Å². The zero-order chi connectivity index (χ0) is 11.8. The van der Waals surface area contributed by atoms with E-state index < -0.39 is 25.5 Å². The lowest BCUT2D eigenvalue weighted by Gasteiger charge is -2.03. The van der Waals surface area contributed by atoms with Crippen molar-refractivity contribution in [3.05, 3.63) is 27.3 Å². The van der Waals surface area contributed by atoms with Crippen LogP contribution >= 0.6 is 11.6 Å². The number of hydrogen-bond acceptors (Lipinski definition) is 5. The molecule has 0 heterocycles. The molecule has 0 atom stereocenters. The first-order valence-electron chi connectivity index (χ1n) is 3.49. The van der Waals surface area contributed by atoms with Gasteiger partial charge in [-0.1, -0.05) is 11.6 Å². The summed E-state index contributed by atoms with van der Waals surface area (Å²) >= 11 is 5.53. The van der Waals surface area contributed by atoms with Crippen molar-refractivity contribution >= 4 is 33.0 Å². The lowest BCUT2D eigenvalue weighted by molar-refractivity contribution is -0.384. The van der Waals surface area contributed by atoms with Crippen molar-refractivity contribution in [3.8, 4) is 0 Å². The molecule has 0 saturated heterocycles. The summed E-state index contributed by atoms with van der Waals surface area (Å²) in [6, 6.07) is 1.70. The lowest BCUT2D eigenvalue weighted by Crippen LogP contribution is -2.13. The van der Waals surface area contributed by atoms with E-state index in [9.17, 15) is 18.5 Å². The summed E-state index contributed by atoms with van der Waals surface area (Å²) in [6.45, 7) is 0. The number of anilines is 1. The van der Waals surface area contributed by atoms with Gasteiger partial charge in [-0.25, -0.2) is 13.6 Å². The Morgan fingerprint density at radius 2 is 1.93 bits per heavy atom. The van der Waals surface area contributed by atoms with Crippen LogP contribution in [0.2, 0.25) is 5.02 Å². The zero-order valence-corrected chi connectivity index (χ0v) is 8.75. The maximum Gasteiger partial charge on any atom is 0.293 e. The summed E-state index contributed by atoms with van der Waals surface area (Å²) in [4.78, 5) is 9.12. The SMILES string of the molecule is Nc1cc(Cl)c(S(N)(=O)=O)cc1[N+](=O)[O-]. The van der Waals surface area contributed by atoms with E-state index in [0.717, 1.165) is 12.1 Å². The van der Waals surface area contributed by atoms with Crippen molar-refractivity contribution < 1.29 is 13.3 Å². The van der Waals surface area contributed by atoms with Gasteiger partial charge < -0.3 is 5.73 Å². The minimum absolute atomic E-state index is 0.225. The van der Waals surface area contributed by atoms with Crippen molar-refractivity contribution in [2.45, 2.75) is 4.90 Å². The molecule has 0 unspecified atom stereocenters. The molecule has 9 heteroatoms. The number of nitrogens with two attached hydrogens (primary N) is 2. The van der Waals surface area contributed by atoms with E-state index >= 15 is 0 Å². The van der Waals surface area contributed by atoms with Crippen LogP contribution < -0.4 is 10.9 Å². The Kier molecular flexibility index (Phi) is 2.84. The van der Waals surface area contributed by atoms with Crippen molar-refractivity contribution in [3.63, 3.8) is 0 Å². The Morgan fingerprint density at radius 3 is 2.33 bits per heavy atom. The van der Waals surface area contributed by atoms with Crippen molar-refractivity contribution in [1.82, 2.24) is 0 Å². The first kappa shape index (κ1) is 11.7. The number of hydrogen-bond donors (Lipinski definition) is 2. The van der Waals surface area contributed by atoms with Crippen LogP contribution in [0.25, 0.3) is 0 Å². The quantitative estimate of drug-likeness (QED) is 0.448. The highest BCUT2D eigenvalue weighted by atomic mass is 35.5. The number of nitrogens with zero attached hydrogens (tertiary/aromatic N) is 1. The van der Waals surface area contributed by atoms with Gasteiger partial charge in [0.05, 0.1) is 9.95 Å². The van der Waals surface area contributed by atoms with Crippen LogP contribution in [0, 0.1) is 10.1 Å². The van der Waals surface area contributed by atoms with Gasteiger partial charge in [0.2, 0.25) is 10.0 Å². The highest BCUT2D eigenvalue weighted by Crippen LogP contribution is 2.30. The third-order valence-corrected chi connectivity index (χ3v) is 2.96. The van der Waals surface area contributed by atoms with E-state index in [1.165, 1.54) is 0 Å².